The van der Waals surface area contributed by atoms with E-state index in [1.54, 1.807) is 0 Å². The standard InChI is InChI=1S/C21H32N4O4/c1-3-18-15(5-4-8-23-21(27)28)11-16(12-24-18)14(2)25(17-6-7-17)20(26)19-13-22-9-10-29-19/h11-12,14,17,19,22-23H,3-10,13H2,1-2H3,(H,27,28). The van der Waals surface area contributed by atoms with E-state index in [0.29, 0.717) is 26.1 Å². The minimum Gasteiger partial charge on any atom is -0.465 e. The number of aryl methyl sites for hydroxylation is 2. The average Bonchev–Trinajstić information content (AvgIpc) is 3.56. The molecule has 0 bridgehead atoms. The fourth-order valence-corrected chi connectivity index (χ4v) is 3.89. The molecule has 2 fully saturated rings. The topological polar surface area (TPSA) is 104 Å². The van der Waals surface area contributed by atoms with Crippen molar-refractivity contribution < 1.29 is 19.4 Å². The van der Waals surface area contributed by atoms with Gasteiger partial charge in [0, 0.05) is 37.6 Å². The lowest BCUT2D eigenvalue weighted by Crippen LogP contribution is -2.50. The summed E-state index contributed by atoms with van der Waals surface area (Å²) in [4.78, 5) is 30.4. The number of amides is 2. The Kier molecular flexibility index (Phi) is 7.44. The van der Waals surface area contributed by atoms with Crippen LogP contribution in [0.5, 0.6) is 0 Å². The molecule has 2 heterocycles. The predicted molar refractivity (Wildman–Crippen MR) is 109 cm³/mol. The summed E-state index contributed by atoms with van der Waals surface area (Å²) in [5.41, 5.74) is 3.18. The molecule has 3 rings (SSSR count). The minimum atomic E-state index is -1.00. The summed E-state index contributed by atoms with van der Waals surface area (Å²) in [6, 6.07) is 2.34. The van der Waals surface area contributed by atoms with Crippen molar-refractivity contribution in [1.29, 1.82) is 0 Å². The molecule has 2 amide bonds. The summed E-state index contributed by atoms with van der Waals surface area (Å²) in [5, 5.41) is 14.4. The van der Waals surface area contributed by atoms with E-state index >= 15 is 0 Å². The summed E-state index contributed by atoms with van der Waals surface area (Å²) in [7, 11) is 0. The molecule has 8 heteroatoms. The largest absolute Gasteiger partial charge is 0.465 e. The summed E-state index contributed by atoms with van der Waals surface area (Å²) in [5.74, 6) is 0.0546. The van der Waals surface area contributed by atoms with Gasteiger partial charge < -0.3 is 25.4 Å². The molecule has 1 saturated carbocycles. The van der Waals surface area contributed by atoms with Gasteiger partial charge in [-0.05, 0) is 50.2 Å². The van der Waals surface area contributed by atoms with Crippen molar-refractivity contribution in [3.63, 3.8) is 0 Å². The van der Waals surface area contributed by atoms with Crippen LogP contribution >= 0.6 is 0 Å². The van der Waals surface area contributed by atoms with Crippen molar-refractivity contribution in [3.8, 4) is 0 Å². The number of morpholine rings is 1. The van der Waals surface area contributed by atoms with Crippen LogP contribution < -0.4 is 10.6 Å². The number of carbonyl (C=O) groups excluding carboxylic acids is 1. The SMILES string of the molecule is CCc1ncc(C(C)N(C(=O)C2CNCCO2)C2CC2)cc1CCCNC(=O)O. The van der Waals surface area contributed by atoms with Crippen LogP contribution in [0.15, 0.2) is 12.3 Å². The molecule has 1 aromatic heterocycles. The van der Waals surface area contributed by atoms with Gasteiger partial charge in [-0.2, -0.15) is 0 Å². The van der Waals surface area contributed by atoms with Crippen molar-refractivity contribution in [3.05, 3.63) is 29.1 Å². The van der Waals surface area contributed by atoms with Gasteiger partial charge in [-0.3, -0.25) is 9.78 Å². The van der Waals surface area contributed by atoms with Gasteiger partial charge in [0.15, 0.2) is 0 Å². The van der Waals surface area contributed by atoms with E-state index in [-0.39, 0.29) is 18.0 Å². The Morgan fingerprint density at radius 3 is 2.86 bits per heavy atom. The molecule has 1 aliphatic carbocycles. The van der Waals surface area contributed by atoms with Crippen molar-refractivity contribution in [2.75, 3.05) is 26.2 Å². The lowest BCUT2D eigenvalue weighted by atomic mass is 10.00. The van der Waals surface area contributed by atoms with E-state index in [9.17, 15) is 9.59 Å². The Morgan fingerprint density at radius 1 is 1.45 bits per heavy atom. The number of hydrogen-bond acceptors (Lipinski definition) is 5. The first kappa shape index (κ1) is 21.5. The highest BCUT2D eigenvalue weighted by atomic mass is 16.5. The predicted octanol–water partition coefficient (Wildman–Crippen LogP) is 1.88. The molecule has 1 aliphatic heterocycles. The van der Waals surface area contributed by atoms with Gasteiger partial charge in [0.25, 0.3) is 5.91 Å². The third-order valence-corrected chi connectivity index (χ3v) is 5.61. The van der Waals surface area contributed by atoms with Gasteiger partial charge in [0.05, 0.1) is 12.6 Å². The highest BCUT2D eigenvalue weighted by Gasteiger charge is 2.40. The number of ether oxygens (including phenoxy) is 1. The van der Waals surface area contributed by atoms with Gasteiger partial charge >= 0.3 is 6.09 Å². The lowest BCUT2D eigenvalue weighted by Gasteiger charge is -2.34. The van der Waals surface area contributed by atoms with Crippen LogP contribution in [0.2, 0.25) is 0 Å². The van der Waals surface area contributed by atoms with Crippen molar-refractivity contribution in [2.24, 2.45) is 0 Å². The third-order valence-electron chi connectivity index (χ3n) is 5.61. The fourth-order valence-electron chi connectivity index (χ4n) is 3.89. The van der Waals surface area contributed by atoms with E-state index in [0.717, 1.165) is 49.0 Å². The number of carbonyl (C=O) groups is 2. The van der Waals surface area contributed by atoms with Crippen LogP contribution in [0, 0.1) is 0 Å². The first-order chi connectivity index (χ1) is 14.0. The molecule has 2 atom stereocenters. The molecule has 0 radical (unpaired) electrons. The van der Waals surface area contributed by atoms with E-state index in [1.165, 1.54) is 0 Å². The monoisotopic (exact) mass is 404 g/mol. The van der Waals surface area contributed by atoms with Crippen LogP contribution in [0.25, 0.3) is 0 Å². The number of carboxylic acid groups (broad SMARTS) is 1. The maximum Gasteiger partial charge on any atom is 0.404 e. The van der Waals surface area contributed by atoms with Gasteiger partial charge in [-0.25, -0.2) is 4.79 Å². The third kappa shape index (κ3) is 5.67. The maximum atomic E-state index is 13.2. The second kappa shape index (κ2) is 10.0. The molecule has 2 unspecified atom stereocenters. The zero-order chi connectivity index (χ0) is 20.8. The Bertz CT molecular complexity index is 717. The zero-order valence-electron chi connectivity index (χ0n) is 17.3. The van der Waals surface area contributed by atoms with Crippen LogP contribution in [0.1, 0.15) is 56.0 Å². The lowest BCUT2D eigenvalue weighted by molar-refractivity contribution is -0.148. The Labute approximate surface area is 172 Å². The minimum absolute atomic E-state index is 0.0546. The smallest absolute Gasteiger partial charge is 0.404 e. The van der Waals surface area contributed by atoms with E-state index < -0.39 is 12.2 Å². The molecule has 8 nitrogen and oxygen atoms in total. The number of hydrogen-bond donors (Lipinski definition) is 3. The van der Waals surface area contributed by atoms with Crippen molar-refractivity contribution in [1.82, 2.24) is 20.5 Å². The molecule has 3 N–H and O–H groups in total. The summed E-state index contributed by atoms with van der Waals surface area (Å²) in [6.45, 7) is 6.44. The summed E-state index contributed by atoms with van der Waals surface area (Å²) in [6.07, 6.45) is 4.81. The zero-order valence-corrected chi connectivity index (χ0v) is 17.3. The molecule has 0 spiro atoms. The van der Waals surface area contributed by atoms with Crippen LogP contribution in [-0.4, -0.2) is 65.4 Å². The molecule has 0 aromatic carbocycles. The van der Waals surface area contributed by atoms with E-state index in [2.05, 4.69) is 35.5 Å². The van der Waals surface area contributed by atoms with Gasteiger partial charge in [-0.15, -0.1) is 0 Å². The molecule has 1 aromatic rings. The number of aromatic nitrogens is 1. The highest BCUT2D eigenvalue weighted by Crippen LogP contribution is 2.35. The quantitative estimate of drug-likeness (QED) is 0.543. The summed E-state index contributed by atoms with van der Waals surface area (Å²) < 4.78 is 5.71. The van der Waals surface area contributed by atoms with Crippen LogP contribution in [0.4, 0.5) is 4.79 Å². The number of pyridine rings is 1. The Morgan fingerprint density at radius 2 is 2.24 bits per heavy atom. The first-order valence-electron chi connectivity index (χ1n) is 10.6. The molecule has 160 valence electrons. The molecule has 2 aliphatic rings. The van der Waals surface area contributed by atoms with Gasteiger partial charge in [-0.1, -0.05) is 13.0 Å². The maximum absolute atomic E-state index is 13.2. The van der Waals surface area contributed by atoms with E-state index in [4.69, 9.17) is 9.84 Å². The highest BCUT2D eigenvalue weighted by molar-refractivity contribution is 5.82. The van der Waals surface area contributed by atoms with E-state index in [1.807, 2.05) is 11.1 Å². The van der Waals surface area contributed by atoms with Crippen molar-refractivity contribution in [2.45, 2.75) is 64.1 Å². The fraction of sp³-hybridized carbons (Fsp3) is 0.667. The number of nitrogens with zero attached hydrogens (tertiary/aromatic N) is 2. The summed E-state index contributed by atoms with van der Waals surface area (Å²) >= 11 is 0. The Balaban J connectivity index is 1.73. The average molecular weight is 405 g/mol. The normalized spacial score (nSPS) is 20.1. The van der Waals surface area contributed by atoms with Crippen molar-refractivity contribution >= 4 is 12.0 Å². The second-order valence-electron chi connectivity index (χ2n) is 7.78. The molecule has 1 saturated heterocycles. The van der Waals surface area contributed by atoms with Crippen LogP contribution in [-0.2, 0) is 22.4 Å². The first-order valence-corrected chi connectivity index (χ1v) is 10.6. The van der Waals surface area contributed by atoms with Gasteiger partial charge in [0.2, 0.25) is 0 Å². The number of nitrogens with one attached hydrogen (secondary N) is 2. The molecule has 29 heavy (non-hydrogen) atoms. The Hall–Kier alpha value is -2.19. The van der Waals surface area contributed by atoms with Crippen LogP contribution in [0.3, 0.4) is 0 Å². The second-order valence-corrected chi connectivity index (χ2v) is 7.78. The number of rotatable bonds is 9. The molecular formula is C21H32N4O4. The van der Waals surface area contributed by atoms with Gasteiger partial charge in [0.1, 0.15) is 6.10 Å². The molecular weight excluding hydrogens is 372 g/mol.